The molecule has 0 radical (unpaired) electrons. The lowest BCUT2D eigenvalue weighted by molar-refractivity contribution is 0.0647. The molecule has 0 spiro atoms. The van der Waals surface area contributed by atoms with Crippen LogP contribution in [0, 0.1) is 18.8 Å². The molecule has 5 rings (SSSR count). The first-order valence-corrected chi connectivity index (χ1v) is 9.95. The summed E-state index contributed by atoms with van der Waals surface area (Å²) in [5, 5.41) is 0. The molecular formula is C18H20F2I2N2. The standard InChI is InChI=1S/2C6H4FI.C6H12N2/c2*7-5-1-3-6(8)4-2-5;1-2-8-5-3-7(1)4-6-8/h2*1-4H;1-6H2. The Morgan fingerprint density at radius 2 is 0.792 bits per heavy atom. The fourth-order valence-corrected chi connectivity index (χ4v) is 3.10. The van der Waals surface area contributed by atoms with E-state index in [1.165, 1.54) is 63.5 Å². The van der Waals surface area contributed by atoms with E-state index in [1.807, 2.05) is 0 Å². The largest absolute Gasteiger partial charge is 0.300 e. The van der Waals surface area contributed by atoms with Gasteiger partial charge in [0.1, 0.15) is 11.6 Å². The Bertz CT molecular complexity index is 489. The second-order valence-corrected chi connectivity index (χ2v) is 8.05. The molecule has 3 aliphatic heterocycles. The summed E-state index contributed by atoms with van der Waals surface area (Å²) in [7, 11) is 0. The quantitative estimate of drug-likeness (QED) is 0.442. The summed E-state index contributed by atoms with van der Waals surface area (Å²) in [6, 6.07) is 12.7. The molecule has 2 aromatic rings. The summed E-state index contributed by atoms with van der Waals surface area (Å²) in [5.74, 6) is -0.351. The van der Waals surface area contributed by atoms with Crippen LogP contribution in [-0.2, 0) is 0 Å². The summed E-state index contributed by atoms with van der Waals surface area (Å²) in [6.07, 6.45) is 0. The molecule has 6 heteroatoms. The number of hydrogen-bond acceptors (Lipinski definition) is 2. The van der Waals surface area contributed by atoms with Crippen LogP contribution in [-0.4, -0.2) is 49.1 Å². The van der Waals surface area contributed by atoms with Gasteiger partial charge in [-0.15, -0.1) is 0 Å². The van der Waals surface area contributed by atoms with Gasteiger partial charge in [0.25, 0.3) is 0 Å². The molecule has 2 aromatic carbocycles. The van der Waals surface area contributed by atoms with Crippen molar-refractivity contribution in [3.63, 3.8) is 0 Å². The van der Waals surface area contributed by atoms with Crippen LogP contribution in [0.2, 0.25) is 0 Å². The average Bonchev–Trinajstić information content (AvgIpc) is 2.63. The maximum Gasteiger partial charge on any atom is 0.123 e. The molecule has 0 unspecified atom stereocenters. The van der Waals surface area contributed by atoms with Crippen molar-refractivity contribution in [1.82, 2.24) is 9.80 Å². The molecule has 0 N–H and O–H groups in total. The van der Waals surface area contributed by atoms with Crippen LogP contribution in [0.5, 0.6) is 0 Å². The third kappa shape index (κ3) is 7.71. The van der Waals surface area contributed by atoms with Crippen molar-refractivity contribution in [3.05, 3.63) is 67.3 Å². The van der Waals surface area contributed by atoms with E-state index in [0.29, 0.717) is 0 Å². The number of piperazine rings is 3. The summed E-state index contributed by atoms with van der Waals surface area (Å²) in [4.78, 5) is 5.08. The zero-order valence-electron chi connectivity index (χ0n) is 13.3. The molecule has 0 aliphatic carbocycles. The Morgan fingerprint density at radius 1 is 0.542 bits per heavy atom. The summed E-state index contributed by atoms with van der Waals surface area (Å²) < 4.78 is 26.3. The van der Waals surface area contributed by atoms with Gasteiger partial charge in [-0.25, -0.2) is 8.78 Å². The number of rotatable bonds is 0. The first kappa shape index (κ1) is 20.0. The topological polar surface area (TPSA) is 6.48 Å². The van der Waals surface area contributed by atoms with Crippen molar-refractivity contribution in [1.29, 1.82) is 0 Å². The molecular weight excluding hydrogens is 536 g/mol. The smallest absolute Gasteiger partial charge is 0.123 e. The first-order valence-electron chi connectivity index (χ1n) is 7.80. The van der Waals surface area contributed by atoms with Gasteiger partial charge >= 0.3 is 0 Å². The van der Waals surface area contributed by atoms with Gasteiger partial charge in [-0.05, 0) is 93.7 Å². The third-order valence-electron chi connectivity index (χ3n) is 3.80. The number of hydrogen-bond donors (Lipinski definition) is 0. The van der Waals surface area contributed by atoms with Crippen LogP contribution in [0.25, 0.3) is 0 Å². The van der Waals surface area contributed by atoms with Crippen molar-refractivity contribution >= 4 is 45.2 Å². The normalized spacial score (nSPS) is 21.2. The van der Waals surface area contributed by atoms with Crippen LogP contribution in [0.1, 0.15) is 0 Å². The summed E-state index contributed by atoms with van der Waals surface area (Å²) in [6.45, 7) is 7.92. The predicted molar refractivity (Wildman–Crippen MR) is 111 cm³/mol. The van der Waals surface area contributed by atoms with Crippen LogP contribution in [0.3, 0.4) is 0 Å². The lowest BCUT2D eigenvalue weighted by Gasteiger charge is -2.41. The molecule has 3 saturated heterocycles. The average molecular weight is 556 g/mol. The van der Waals surface area contributed by atoms with E-state index in [1.54, 1.807) is 24.3 Å². The Labute approximate surface area is 169 Å². The van der Waals surface area contributed by atoms with Gasteiger partial charge in [-0.2, -0.15) is 0 Å². The minimum absolute atomic E-state index is 0.176. The van der Waals surface area contributed by atoms with Crippen molar-refractivity contribution in [2.45, 2.75) is 0 Å². The lowest BCUT2D eigenvalue weighted by atomic mass is 10.2. The highest BCUT2D eigenvalue weighted by atomic mass is 127. The van der Waals surface area contributed by atoms with E-state index >= 15 is 0 Å². The summed E-state index contributed by atoms with van der Waals surface area (Å²) >= 11 is 4.26. The number of halogens is 4. The number of benzene rings is 2. The molecule has 24 heavy (non-hydrogen) atoms. The van der Waals surface area contributed by atoms with E-state index in [9.17, 15) is 8.78 Å². The van der Waals surface area contributed by atoms with Gasteiger partial charge in [0.05, 0.1) is 0 Å². The second kappa shape index (κ2) is 10.6. The molecule has 0 atom stereocenters. The maximum absolute atomic E-state index is 12.1. The first-order chi connectivity index (χ1) is 11.5. The van der Waals surface area contributed by atoms with Crippen molar-refractivity contribution < 1.29 is 8.78 Å². The van der Waals surface area contributed by atoms with Crippen LogP contribution in [0.15, 0.2) is 48.5 Å². The van der Waals surface area contributed by atoms with Gasteiger partial charge in [0.2, 0.25) is 0 Å². The van der Waals surface area contributed by atoms with Crippen molar-refractivity contribution in [2.24, 2.45) is 0 Å². The van der Waals surface area contributed by atoms with Gasteiger partial charge in [-0.3, -0.25) is 9.80 Å². The molecule has 130 valence electrons. The molecule has 3 heterocycles. The maximum atomic E-state index is 12.1. The number of fused-ring (bicyclic) bond motifs is 3. The highest BCUT2D eigenvalue weighted by Crippen LogP contribution is 2.07. The molecule has 3 fully saturated rings. The highest BCUT2D eigenvalue weighted by Gasteiger charge is 2.21. The zero-order valence-corrected chi connectivity index (χ0v) is 17.6. The third-order valence-corrected chi connectivity index (χ3v) is 5.24. The monoisotopic (exact) mass is 556 g/mol. The zero-order chi connectivity index (χ0) is 17.4. The van der Waals surface area contributed by atoms with Gasteiger partial charge in [0, 0.05) is 46.4 Å². The Kier molecular flexibility index (Phi) is 8.85. The van der Waals surface area contributed by atoms with Crippen molar-refractivity contribution in [3.8, 4) is 0 Å². The van der Waals surface area contributed by atoms with Gasteiger partial charge in [-0.1, -0.05) is 0 Å². The van der Waals surface area contributed by atoms with Crippen molar-refractivity contribution in [2.75, 3.05) is 39.3 Å². The summed E-state index contributed by atoms with van der Waals surface area (Å²) in [5.41, 5.74) is 0. The van der Waals surface area contributed by atoms with E-state index in [0.717, 1.165) is 7.14 Å². The van der Waals surface area contributed by atoms with Gasteiger partial charge < -0.3 is 0 Å². The van der Waals surface area contributed by atoms with E-state index in [4.69, 9.17) is 0 Å². The van der Waals surface area contributed by atoms with E-state index < -0.39 is 0 Å². The minimum atomic E-state index is -0.176. The van der Waals surface area contributed by atoms with E-state index in [2.05, 4.69) is 55.0 Å². The molecule has 2 bridgehead atoms. The Hall–Kier alpha value is -0.320. The van der Waals surface area contributed by atoms with E-state index in [-0.39, 0.29) is 11.6 Å². The fraction of sp³-hybridized carbons (Fsp3) is 0.333. The van der Waals surface area contributed by atoms with Crippen LogP contribution >= 0.6 is 45.2 Å². The van der Waals surface area contributed by atoms with Crippen LogP contribution in [0.4, 0.5) is 8.78 Å². The molecule has 0 saturated carbocycles. The van der Waals surface area contributed by atoms with Gasteiger partial charge in [0.15, 0.2) is 0 Å². The highest BCUT2D eigenvalue weighted by molar-refractivity contribution is 14.1. The Morgan fingerprint density at radius 3 is 0.958 bits per heavy atom. The lowest BCUT2D eigenvalue weighted by Crippen LogP contribution is -2.55. The minimum Gasteiger partial charge on any atom is -0.300 e. The predicted octanol–water partition coefficient (Wildman–Crippen LogP) is 4.48. The molecule has 2 nitrogen and oxygen atoms in total. The number of nitrogens with zero attached hydrogens (tertiary/aromatic N) is 2. The fourth-order valence-electron chi connectivity index (χ4n) is 2.38. The molecule has 0 amide bonds. The molecule has 3 aliphatic rings. The Balaban J connectivity index is 0.000000130. The molecule has 0 aromatic heterocycles. The van der Waals surface area contributed by atoms with Crippen LogP contribution < -0.4 is 0 Å². The second-order valence-electron chi connectivity index (χ2n) is 5.56. The SMILES string of the molecule is C1CN2CCN1CC2.Fc1ccc(I)cc1.Fc1ccc(I)cc1.